The normalized spacial score (nSPS) is 10.6. The molecule has 0 radical (unpaired) electrons. The molecule has 0 saturated carbocycles. The van der Waals surface area contributed by atoms with Crippen LogP contribution in [0.3, 0.4) is 0 Å². The number of rotatable bonds is 3. The molecule has 0 spiro atoms. The summed E-state index contributed by atoms with van der Waals surface area (Å²) in [5.41, 5.74) is 0. The van der Waals surface area contributed by atoms with Gasteiger partial charge in [0.1, 0.15) is 4.91 Å². The number of carbonyl (C=O) groups is 2. The van der Waals surface area contributed by atoms with Gasteiger partial charge in [0.25, 0.3) is 0 Å². The summed E-state index contributed by atoms with van der Waals surface area (Å²) >= 11 is 0.845. The van der Waals surface area contributed by atoms with Crippen molar-refractivity contribution in [1.82, 2.24) is 0 Å². The number of ether oxygens (including phenoxy) is 2. The summed E-state index contributed by atoms with van der Waals surface area (Å²) < 4.78 is 8.78. The molecule has 0 heterocycles. The molecule has 0 aromatic carbocycles. The monoisotopic (exact) mass is 217 g/mol. The van der Waals surface area contributed by atoms with Crippen LogP contribution in [0.5, 0.6) is 0 Å². The van der Waals surface area contributed by atoms with Gasteiger partial charge in [-0.2, -0.15) is 0 Å². The smallest absolute Gasteiger partial charge is 0.345 e. The third-order valence-electron chi connectivity index (χ3n) is 1.10. The van der Waals surface area contributed by atoms with Crippen LogP contribution in [0.25, 0.3) is 0 Å². The molecule has 0 rings (SSSR count). The van der Waals surface area contributed by atoms with Gasteiger partial charge in [0.15, 0.2) is 0 Å². The fourth-order valence-corrected chi connectivity index (χ4v) is 1.21. The molecule has 0 aromatic rings. The molecule has 0 aliphatic heterocycles. The minimum Gasteiger partial charge on any atom is -0.466 e. The Morgan fingerprint density at radius 3 is 2.21 bits per heavy atom. The zero-order chi connectivity index (χ0) is 11.1. The third kappa shape index (κ3) is 4.66. The molecule has 1 N–H and O–H groups in total. The summed E-state index contributed by atoms with van der Waals surface area (Å²) in [5, 5.41) is 7.34. The molecule has 0 aliphatic rings. The second kappa shape index (κ2) is 6.20. The fourth-order valence-electron chi connectivity index (χ4n) is 0.562. The Kier molecular flexibility index (Phi) is 5.62. The topological polar surface area (TPSA) is 76.5 Å². The van der Waals surface area contributed by atoms with Gasteiger partial charge in [-0.3, -0.25) is 5.41 Å². The van der Waals surface area contributed by atoms with E-state index in [4.69, 9.17) is 5.41 Å². The minimum absolute atomic E-state index is 0.0341. The van der Waals surface area contributed by atoms with Crippen LogP contribution in [0.15, 0.2) is 11.0 Å². The molecular formula is C8H11NO4S. The number of carbonyl (C=O) groups excluding carboxylic acids is 2. The maximum Gasteiger partial charge on any atom is 0.345 e. The van der Waals surface area contributed by atoms with E-state index in [1.54, 1.807) is 0 Å². The lowest BCUT2D eigenvalue weighted by Crippen LogP contribution is -2.07. The summed E-state index contributed by atoms with van der Waals surface area (Å²) in [6, 6.07) is 0. The number of hydrogen-bond donors (Lipinski definition) is 1. The predicted molar refractivity (Wildman–Crippen MR) is 53.1 cm³/mol. The van der Waals surface area contributed by atoms with Crippen LogP contribution in [0.1, 0.15) is 6.92 Å². The van der Waals surface area contributed by atoms with E-state index in [9.17, 15) is 9.59 Å². The highest BCUT2D eigenvalue weighted by molar-refractivity contribution is 8.17. The van der Waals surface area contributed by atoms with Crippen molar-refractivity contribution >= 4 is 28.7 Å². The Morgan fingerprint density at radius 2 is 1.86 bits per heavy atom. The average Bonchev–Trinajstić information content (AvgIpc) is 2.14. The third-order valence-corrected chi connectivity index (χ3v) is 1.91. The molecule has 0 amide bonds. The summed E-state index contributed by atoms with van der Waals surface area (Å²) in [6.45, 7) is 1.50. The maximum absolute atomic E-state index is 11.1. The highest BCUT2D eigenvalue weighted by Gasteiger charge is 2.13. The second-order valence-electron chi connectivity index (χ2n) is 2.18. The van der Waals surface area contributed by atoms with Crippen LogP contribution in [0.4, 0.5) is 0 Å². The largest absolute Gasteiger partial charge is 0.466 e. The number of methoxy groups -OCH3 is 2. The molecule has 0 bridgehead atoms. The van der Waals surface area contributed by atoms with E-state index < -0.39 is 11.9 Å². The zero-order valence-corrected chi connectivity index (χ0v) is 8.94. The van der Waals surface area contributed by atoms with Gasteiger partial charge in [-0.25, -0.2) is 9.59 Å². The number of hydrogen-bond acceptors (Lipinski definition) is 6. The number of thioether (sulfide) groups is 1. The molecule has 5 nitrogen and oxygen atoms in total. The zero-order valence-electron chi connectivity index (χ0n) is 8.12. The Labute approximate surface area is 86.0 Å². The molecule has 0 unspecified atom stereocenters. The Bertz CT molecular complexity index is 285. The van der Waals surface area contributed by atoms with Crippen molar-refractivity contribution in [3.63, 3.8) is 0 Å². The van der Waals surface area contributed by atoms with E-state index in [1.165, 1.54) is 21.1 Å². The van der Waals surface area contributed by atoms with Crippen LogP contribution in [0, 0.1) is 5.41 Å². The van der Waals surface area contributed by atoms with E-state index in [2.05, 4.69) is 9.47 Å². The van der Waals surface area contributed by atoms with Crippen LogP contribution in [0.2, 0.25) is 0 Å². The van der Waals surface area contributed by atoms with E-state index in [-0.39, 0.29) is 9.95 Å². The molecule has 0 aromatic heterocycles. The molecule has 0 fully saturated rings. The standard InChI is InChI=1S/C8H11NO4S/c1-5(9)14-6(8(11)13-3)4-7(10)12-2/h4,9H,1-3H3/b6-4+,9-5?. The van der Waals surface area contributed by atoms with Crippen LogP contribution in [-0.4, -0.2) is 31.2 Å². The first-order valence-corrected chi connectivity index (χ1v) is 4.44. The first-order chi connectivity index (χ1) is 6.51. The van der Waals surface area contributed by atoms with Gasteiger partial charge in [0.05, 0.1) is 19.3 Å². The summed E-state index contributed by atoms with van der Waals surface area (Å²) in [6.07, 6.45) is 0.995. The highest BCUT2D eigenvalue weighted by atomic mass is 32.2. The molecule has 14 heavy (non-hydrogen) atoms. The highest BCUT2D eigenvalue weighted by Crippen LogP contribution is 2.17. The molecular weight excluding hydrogens is 206 g/mol. The minimum atomic E-state index is -0.660. The SMILES string of the molecule is COC(=O)/C=C(/SC(C)=N)C(=O)OC. The first kappa shape index (κ1) is 12.7. The van der Waals surface area contributed by atoms with Crippen LogP contribution < -0.4 is 0 Å². The lowest BCUT2D eigenvalue weighted by atomic mass is 10.5. The maximum atomic E-state index is 11.1. The van der Waals surface area contributed by atoms with E-state index in [0.717, 1.165) is 17.8 Å². The Morgan fingerprint density at radius 1 is 1.29 bits per heavy atom. The lowest BCUT2D eigenvalue weighted by molar-refractivity contribution is -0.137. The van der Waals surface area contributed by atoms with Gasteiger partial charge in [0, 0.05) is 6.08 Å². The quantitative estimate of drug-likeness (QED) is 0.329. The van der Waals surface area contributed by atoms with Gasteiger partial charge in [0.2, 0.25) is 0 Å². The van der Waals surface area contributed by atoms with Crippen molar-refractivity contribution in [3.8, 4) is 0 Å². The van der Waals surface area contributed by atoms with Gasteiger partial charge in [-0.15, -0.1) is 0 Å². The van der Waals surface area contributed by atoms with Gasteiger partial charge in [-0.1, -0.05) is 11.8 Å². The van der Waals surface area contributed by atoms with E-state index in [0.29, 0.717) is 0 Å². The first-order valence-electron chi connectivity index (χ1n) is 3.62. The van der Waals surface area contributed by atoms with Gasteiger partial charge < -0.3 is 9.47 Å². The van der Waals surface area contributed by atoms with Crippen molar-refractivity contribution in [2.75, 3.05) is 14.2 Å². The Hall–Kier alpha value is -1.30. The number of esters is 2. The van der Waals surface area contributed by atoms with E-state index in [1.807, 2.05) is 0 Å². The van der Waals surface area contributed by atoms with Gasteiger partial charge >= 0.3 is 11.9 Å². The van der Waals surface area contributed by atoms with E-state index >= 15 is 0 Å². The molecule has 0 saturated heterocycles. The van der Waals surface area contributed by atoms with Crippen molar-refractivity contribution in [2.45, 2.75) is 6.92 Å². The number of nitrogens with one attached hydrogen (secondary N) is 1. The predicted octanol–water partition coefficient (Wildman–Crippen LogP) is 0.947. The average molecular weight is 217 g/mol. The van der Waals surface area contributed by atoms with Crippen LogP contribution >= 0.6 is 11.8 Å². The van der Waals surface area contributed by atoms with Crippen molar-refractivity contribution in [1.29, 1.82) is 5.41 Å². The van der Waals surface area contributed by atoms with Crippen LogP contribution in [-0.2, 0) is 19.1 Å². The van der Waals surface area contributed by atoms with Crippen molar-refractivity contribution < 1.29 is 19.1 Å². The summed E-state index contributed by atoms with van der Waals surface area (Å²) in [4.78, 5) is 22.0. The molecule has 0 atom stereocenters. The molecule has 0 aliphatic carbocycles. The fraction of sp³-hybridized carbons (Fsp3) is 0.375. The summed E-state index contributed by atoms with van der Waals surface area (Å²) in [5.74, 6) is -1.31. The van der Waals surface area contributed by atoms with Crippen molar-refractivity contribution in [3.05, 3.63) is 11.0 Å². The Balaban J connectivity index is 4.71. The van der Waals surface area contributed by atoms with Crippen molar-refractivity contribution in [2.24, 2.45) is 0 Å². The second-order valence-corrected chi connectivity index (χ2v) is 3.44. The lowest BCUT2D eigenvalue weighted by Gasteiger charge is -2.02. The molecule has 78 valence electrons. The summed E-state index contributed by atoms with van der Waals surface area (Å²) in [7, 11) is 2.41. The van der Waals surface area contributed by atoms with Gasteiger partial charge in [-0.05, 0) is 6.92 Å². The molecule has 6 heteroatoms.